The first kappa shape index (κ1) is 9.47. The number of hydrogen-bond donors (Lipinski definition) is 1. The lowest BCUT2D eigenvalue weighted by Crippen LogP contribution is -2.18. The molecule has 1 N–H and O–H groups in total. The molecule has 60 valence electrons. The largest absolute Gasteiger partial charge is 0.308 e. The lowest BCUT2D eigenvalue weighted by molar-refractivity contribution is 0.575. The Morgan fingerprint density at radius 1 is 1.30 bits per heavy atom. The molecule has 0 radical (unpaired) electrons. The van der Waals surface area contributed by atoms with Crippen LogP contribution in [0.4, 0.5) is 0 Å². The molecule has 2 nitrogen and oxygen atoms in total. The lowest BCUT2D eigenvalue weighted by atomic mass is 9.99. The summed E-state index contributed by atoms with van der Waals surface area (Å²) >= 11 is 0. The maximum Gasteiger partial charge on any atom is 0.0383 e. The molecule has 0 amide bonds. The highest BCUT2D eigenvalue weighted by Gasteiger charge is 2.04. The molecule has 0 saturated carbocycles. The van der Waals surface area contributed by atoms with Crippen LogP contribution in [-0.2, 0) is 0 Å². The van der Waals surface area contributed by atoms with Gasteiger partial charge in [0.1, 0.15) is 0 Å². The summed E-state index contributed by atoms with van der Waals surface area (Å²) in [6.45, 7) is 10.5. The molecule has 0 aliphatic rings. The molecule has 0 aliphatic heterocycles. The summed E-state index contributed by atoms with van der Waals surface area (Å²) < 4.78 is 0. The van der Waals surface area contributed by atoms with Crippen LogP contribution in [0.25, 0.3) is 0 Å². The fourth-order valence-electron chi connectivity index (χ4n) is 0.380. The van der Waals surface area contributed by atoms with Gasteiger partial charge in [0.25, 0.3) is 0 Å². The first-order chi connectivity index (χ1) is 4.42. The van der Waals surface area contributed by atoms with Gasteiger partial charge in [0.15, 0.2) is 0 Å². The Balaban J connectivity index is 3.57. The van der Waals surface area contributed by atoms with E-state index in [0.29, 0.717) is 6.04 Å². The highest BCUT2D eigenvalue weighted by molar-refractivity contribution is 5.63. The van der Waals surface area contributed by atoms with Gasteiger partial charge in [-0.2, -0.15) is 5.10 Å². The predicted molar refractivity (Wildman–Crippen MR) is 46.2 cm³/mol. The van der Waals surface area contributed by atoms with Crippen LogP contribution >= 0.6 is 0 Å². The van der Waals surface area contributed by atoms with Crippen molar-refractivity contribution in [1.82, 2.24) is 5.43 Å². The van der Waals surface area contributed by atoms with Gasteiger partial charge in [0.2, 0.25) is 0 Å². The predicted octanol–water partition coefficient (Wildman–Crippen LogP) is 2.02. The van der Waals surface area contributed by atoms with Gasteiger partial charge >= 0.3 is 0 Å². The zero-order chi connectivity index (χ0) is 8.20. The van der Waals surface area contributed by atoms with Crippen molar-refractivity contribution in [2.24, 2.45) is 10.5 Å². The first-order valence-electron chi connectivity index (χ1n) is 3.71. The molecular weight excluding hydrogens is 124 g/mol. The van der Waals surface area contributed by atoms with E-state index in [1.165, 1.54) is 0 Å². The minimum atomic E-state index is 0.182. The van der Waals surface area contributed by atoms with Crippen LogP contribution in [0.5, 0.6) is 0 Å². The van der Waals surface area contributed by atoms with Crippen molar-refractivity contribution in [2.75, 3.05) is 0 Å². The van der Waals surface area contributed by atoms with Crippen LogP contribution < -0.4 is 5.43 Å². The van der Waals surface area contributed by atoms with E-state index in [4.69, 9.17) is 0 Å². The molecule has 0 unspecified atom stereocenters. The fourth-order valence-corrected chi connectivity index (χ4v) is 0.380. The number of rotatable bonds is 2. The molecule has 0 heterocycles. The number of nitrogens with zero attached hydrogens (tertiary/aromatic N) is 1. The van der Waals surface area contributed by atoms with Gasteiger partial charge in [0.05, 0.1) is 0 Å². The first-order valence-corrected chi connectivity index (χ1v) is 3.71. The van der Waals surface area contributed by atoms with E-state index in [2.05, 4.69) is 45.1 Å². The van der Waals surface area contributed by atoms with Crippen molar-refractivity contribution in [3.8, 4) is 0 Å². The lowest BCUT2D eigenvalue weighted by Gasteiger charge is -2.11. The van der Waals surface area contributed by atoms with Gasteiger partial charge in [-0.3, -0.25) is 0 Å². The topological polar surface area (TPSA) is 24.4 Å². The number of hydrazone groups is 1. The molecule has 10 heavy (non-hydrogen) atoms. The standard InChI is InChI=1S/C8H18N2/c1-7(2)10-9-6-8(3,4)5/h6-7,10H,1-5H3/b9-6-. The monoisotopic (exact) mass is 142 g/mol. The maximum absolute atomic E-state index is 4.07. The van der Waals surface area contributed by atoms with Crippen molar-refractivity contribution in [3.63, 3.8) is 0 Å². The van der Waals surface area contributed by atoms with E-state index in [1.54, 1.807) is 0 Å². The van der Waals surface area contributed by atoms with E-state index in [-0.39, 0.29) is 5.41 Å². The summed E-state index contributed by atoms with van der Waals surface area (Å²) in [5.41, 5.74) is 3.15. The van der Waals surface area contributed by atoms with Crippen LogP contribution in [0.15, 0.2) is 5.10 Å². The Morgan fingerprint density at radius 3 is 2.10 bits per heavy atom. The minimum Gasteiger partial charge on any atom is -0.308 e. The van der Waals surface area contributed by atoms with E-state index >= 15 is 0 Å². The smallest absolute Gasteiger partial charge is 0.0383 e. The summed E-state index contributed by atoms with van der Waals surface area (Å²) in [7, 11) is 0. The second kappa shape index (κ2) is 3.59. The molecule has 0 saturated heterocycles. The molecule has 2 heteroatoms. The van der Waals surface area contributed by atoms with Crippen LogP contribution in [0.2, 0.25) is 0 Å². The van der Waals surface area contributed by atoms with E-state index < -0.39 is 0 Å². The molecule has 0 fully saturated rings. The Kier molecular flexibility index (Phi) is 3.40. The quantitative estimate of drug-likeness (QED) is 0.463. The van der Waals surface area contributed by atoms with Crippen molar-refractivity contribution >= 4 is 6.21 Å². The highest BCUT2D eigenvalue weighted by atomic mass is 15.3. The molecule has 0 bridgehead atoms. The summed E-state index contributed by atoms with van der Waals surface area (Å²) in [6.07, 6.45) is 1.92. The molecule has 0 spiro atoms. The van der Waals surface area contributed by atoms with E-state index in [0.717, 1.165) is 0 Å². The summed E-state index contributed by atoms with van der Waals surface area (Å²) in [5.74, 6) is 0. The Morgan fingerprint density at radius 2 is 1.80 bits per heavy atom. The third kappa shape index (κ3) is 7.47. The van der Waals surface area contributed by atoms with Gasteiger partial charge in [-0.05, 0) is 19.3 Å². The average molecular weight is 142 g/mol. The zero-order valence-electron chi connectivity index (χ0n) is 7.60. The summed E-state index contributed by atoms with van der Waals surface area (Å²) in [4.78, 5) is 0. The zero-order valence-corrected chi connectivity index (χ0v) is 7.60. The van der Waals surface area contributed by atoms with Crippen molar-refractivity contribution in [2.45, 2.75) is 40.7 Å². The Labute approximate surface area is 63.7 Å². The molecule has 0 aromatic rings. The van der Waals surface area contributed by atoms with Gasteiger partial charge in [0, 0.05) is 12.3 Å². The third-order valence-electron chi connectivity index (χ3n) is 0.785. The average Bonchev–Trinajstić information content (AvgIpc) is 1.59. The van der Waals surface area contributed by atoms with Gasteiger partial charge in [-0.1, -0.05) is 20.8 Å². The molecule has 0 aromatic carbocycles. The maximum atomic E-state index is 4.07. The molecule has 0 aromatic heterocycles. The fraction of sp³-hybridized carbons (Fsp3) is 0.875. The number of nitrogens with one attached hydrogen (secondary N) is 1. The van der Waals surface area contributed by atoms with Gasteiger partial charge in [-0.25, -0.2) is 0 Å². The SMILES string of the molecule is CC(C)N/N=C\C(C)(C)C. The Bertz CT molecular complexity index is 109. The normalized spacial score (nSPS) is 13.0. The second-order valence-corrected chi connectivity index (χ2v) is 3.91. The van der Waals surface area contributed by atoms with Crippen molar-refractivity contribution in [1.29, 1.82) is 0 Å². The second-order valence-electron chi connectivity index (χ2n) is 3.91. The van der Waals surface area contributed by atoms with Crippen LogP contribution in [0.3, 0.4) is 0 Å². The molecule has 0 rings (SSSR count). The summed E-state index contributed by atoms with van der Waals surface area (Å²) in [6, 6.07) is 0.429. The van der Waals surface area contributed by atoms with Gasteiger partial charge < -0.3 is 5.43 Å². The molecule has 0 aliphatic carbocycles. The van der Waals surface area contributed by atoms with Gasteiger partial charge in [-0.15, -0.1) is 0 Å². The molecular formula is C8H18N2. The summed E-state index contributed by atoms with van der Waals surface area (Å²) in [5, 5.41) is 4.07. The number of hydrogen-bond acceptors (Lipinski definition) is 2. The minimum absolute atomic E-state index is 0.182. The van der Waals surface area contributed by atoms with Crippen molar-refractivity contribution in [3.05, 3.63) is 0 Å². The van der Waals surface area contributed by atoms with E-state index in [1.807, 2.05) is 6.21 Å². The molecule has 0 atom stereocenters. The van der Waals surface area contributed by atoms with E-state index in [9.17, 15) is 0 Å². The Hall–Kier alpha value is -0.530. The van der Waals surface area contributed by atoms with Crippen LogP contribution in [0, 0.1) is 5.41 Å². The van der Waals surface area contributed by atoms with Crippen molar-refractivity contribution < 1.29 is 0 Å². The third-order valence-corrected chi connectivity index (χ3v) is 0.785. The van der Waals surface area contributed by atoms with Crippen LogP contribution in [0.1, 0.15) is 34.6 Å². The van der Waals surface area contributed by atoms with Crippen LogP contribution in [-0.4, -0.2) is 12.3 Å². The highest BCUT2D eigenvalue weighted by Crippen LogP contribution is 2.07.